The molecule has 0 spiro atoms. The first kappa shape index (κ1) is 16.6. The van der Waals surface area contributed by atoms with Crippen molar-refractivity contribution < 1.29 is 0 Å². The SMILES string of the molecule is C=C/C=C\c1c(C)n(C(CC)CC(C)(C)C)c2ccccc12. The van der Waals surface area contributed by atoms with E-state index in [1.807, 2.05) is 12.2 Å². The molecule has 0 fully saturated rings. The molecule has 22 heavy (non-hydrogen) atoms. The summed E-state index contributed by atoms with van der Waals surface area (Å²) >= 11 is 0. The van der Waals surface area contributed by atoms with Gasteiger partial charge in [-0.1, -0.05) is 70.7 Å². The van der Waals surface area contributed by atoms with Crippen LogP contribution in [0.1, 0.15) is 57.8 Å². The first-order valence-electron chi connectivity index (χ1n) is 8.27. The lowest BCUT2D eigenvalue weighted by Gasteiger charge is -2.28. The van der Waals surface area contributed by atoms with Crippen LogP contribution in [0.5, 0.6) is 0 Å². The van der Waals surface area contributed by atoms with Gasteiger partial charge in [0.15, 0.2) is 0 Å². The van der Waals surface area contributed by atoms with E-state index < -0.39 is 0 Å². The lowest BCUT2D eigenvalue weighted by molar-refractivity contribution is 0.289. The van der Waals surface area contributed by atoms with Gasteiger partial charge in [0, 0.05) is 28.2 Å². The molecule has 0 saturated carbocycles. The van der Waals surface area contributed by atoms with E-state index in [1.165, 1.54) is 28.6 Å². The van der Waals surface area contributed by atoms with Crippen LogP contribution in [0.25, 0.3) is 17.0 Å². The minimum Gasteiger partial charge on any atom is -0.341 e. The van der Waals surface area contributed by atoms with Crippen molar-refractivity contribution in [2.45, 2.75) is 53.5 Å². The minimum atomic E-state index is 0.329. The highest BCUT2D eigenvalue weighted by atomic mass is 15.0. The quantitative estimate of drug-likeness (QED) is 0.552. The Morgan fingerprint density at radius 1 is 1.23 bits per heavy atom. The van der Waals surface area contributed by atoms with Gasteiger partial charge in [-0.05, 0) is 31.2 Å². The highest BCUT2D eigenvalue weighted by molar-refractivity contribution is 5.91. The Labute approximate surface area is 135 Å². The van der Waals surface area contributed by atoms with Gasteiger partial charge in [-0.3, -0.25) is 0 Å². The Balaban J connectivity index is 2.64. The Bertz CT molecular complexity index is 680. The van der Waals surface area contributed by atoms with Crippen LogP contribution in [0.4, 0.5) is 0 Å². The van der Waals surface area contributed by atoms with E-state index in [0.29, 0.717) is 11.5 Å². The lowest BCUT2D eigenvalue weighted by atomic mass is 9.87. The zero-order chi connectivity index (χ0) is 16.3. The van der Waals surface area contributed by atoms with Crippen molar-refractivity contribution in [1.29, 1.82) is 0 Å². The summed E-state index contributed by atoms with van der Waals surface area (Å²) in [6.07, 6.45) is 8.40. The molecular weight excluding hydrogens is 266 g/mol. The number of nitrogens with zero attached hydrogens (tertiary/aromatic N) is 1. The Kier molecular flexibility index (Phi) is 4.95. The van der Waals surface area contributed by atoms with Gasteiger partial charge in [-0.15, -0.1) is 0 Å². The fourth-order valence-electron chi connectivity index (χ4n) is 3.39. The minimum absolute atomic E-state index is 0.329. The summed E-state index contributed by atoms with van der Waals surface area (Å²) < 4.78 is 2.54. The average molecular weight is 295 g/mol. The van der Waals surface area contributed by atoms with E-state index in [9.17, 15) is 0 Å². The Morgan fingerprint density at radius 3 is 2.50 bits per heavy atom. The van der Waals surface area contributed by atoms with Crippen LogP contribution in [-0.2, 0) is 0 Å². The molecule has 118 valence electrons. The van der Waals surface area contributed by atoms with Crippen LogP contribution >= 0.6 is 0 Å². The van der Waals surface area contributed by atoms with Crippen molar-refractivity contribution in [3.8, 4) is 0 Å². The number of aromatic nitrogens is 1. The maximum atomic E-state index is 3.80. The molecule has 0 N–H and O–H groups in total. The van der Waals surface area contributed by atoms with E-state index >= 15 is 0 Å². The number of rotatable bonds is 5. The van der Waals surface area contributed by atoms with E-state index in [-0.39, 0.29) is 0 Å². The molecule has 0 saturated heterocycles. The summed E-state index contributed by atoms with van der Waals surface area (Å²) in [6, 6.07) is 9.28. The number of allylic oxidation sites excluding steroid dienone is 2. The van der Waals surface area contributed by atoms with Crippen LogP contribution < -0.4 is 0 Å². The number of para-hydroxylation sites is 1. The lowest BCUT2D eigenvalue weighted by Crippen LogP contribution is -2.17. The average Bonchev–Trinajstić information content (AvgIpc) is 2.74. The third kappa shape index (κ3) is 3.35. The molecule has 1 heterocycles. The summed E-state index contributed by atoms with van der Waals surface area (Å²) in [5.41, 5.74) is 4.35. The maximum Gasteiger partial charge on any atom is 0.0491 e. The van der Waals surface area contributed by atoms with E-state index in [4.69, 9.17) is 0 Å². The summed E-state index contributed by atoms with van der Waals surface area (Å²) in [6.45, 7) is 15.3. The van der Waals surface area contributed by atoms with Crippen molar-refractivity contribution in [3.05, 3.63) is 54.3 Å². The summed E-state index contributed by atoms with van der Waals surface area (Å²) in [5, 5.41) is 1.34. The number of fused-ring (bicyclic) bond motifs is 1. The highest BCUT2D eigenvalue weighted by Gasteiger charge is 2.22. The first-order chi connectivity index (χ1) is 10.4. The fourth-order valence-corrected chi connectivity index (χ4v) is 3.39. The molecule has 0 radical (unpaired) electrons. The molecule has 1 aromatic heterocycles. The molecule has 1 unspecified atom stereocenters. The van der Waals surface area contributed by atoms with E-state index in [1.54, 1.807) is 0 Å². The van der Waals surface area contributed by atoms with Gasteiger partial charge in [0.25, 0.3) is 0 Å². The van der Waals surface area contributed by atoms with Crippen LogP contribution in [0.15, 0.2) is 43.0 Å². The predicted octanol–water partition coefficient (Wildman–Crippen LogP) is 6.54. The molecule has 2 aromatic rings. The van der Waals surface area contributed by atoms with Crippen molar-refractivity contribution in [2.75, 3.05) is 0 Å². The zero-order valence-corrected chi connectivity index (χ0v) is 14.7. The molecule has 0 bridgehead atoms. The maximum absolute atomic E-state index is 3.80. The van der Waals surface area contributed by atoms with Gasteiger partial charge in [0.2, 0.25) is 0 Å². The molecule has 0 aliphatic heterocycles. The van der Waals surface area contributed by atoms with Gasteiger partial charge < -0.3 is 4.57 Å². The fraction of sp³-hybridized carbons (Fsp3) is 0.429. The molecule has 0 aliphatic carbocycles. The van der Waals surface area contributed by atoms with Gasteiger partial charge in [-0.2, -0.15) is 0 Å². The van der Waals surface area contributed by atoms with Gasteiger partial charge in [0.1, 0.15) is 0 Å². The zero-order valence-electron chi connectivity index (χ0n) is 14.7. The summed E-state index contributed by atoms with van der Waals surface area (Å²) in [4.78, 5) is 0. The van der Waals surface area contributed by atoms with Crippen LogP contribution in [0.2, 0.25) is 0 Å². The smallest absolute Gasteiger partial charge is 0.0491 e. The second-order valence-corrected chi connectivity index (χ2v) is 7.31. The topological polar surface area (TPSA) is 4.93 Å². The molecular formula is C21H29N. The third-order valence-electron chi connectivity index (χ3n) is 4.29. The van der Waals surface area contributed by atoms with Crippen LogP contribution in [-0.4, -0.2) is 4.57 Å². The predicted molar refractivity (Wildman–Crippen MR) is 99.3 cm³/mol. The number of hydrogen-bond acceptors (Lipinski definition) is 0. The normalized spacial score (nSPS) is 13.9. The largest absolute Gasteiger partial charge is 0.341 e. The van der Waals surface area contributed by atoms with Crippen molar-refractivity contribution in [2.24, 2.45) is 5.41 Å². The van der Waals surface area contributed by atoms with Gasteiger partial charge >= 0.3 is 0 Å². The van der Waals surface area contributed by atoms with E-state index in [0.717, 1.165) is 6.42 Å². The highest BCUT2D eigenvalue weighted by Crippen LogP contribution is 2.36. The molecule has 2 rings (SSSR count). The second-order valence-electron chi connectivity index (χ2n) is 7.31. The summed E-state index contributed by atoms with van der Waals surface area (Å²) in [7, 11) is 0. The molecule has 1 atom stereocenters. The third-order valence-corrected chi connectivity index (χ3v) is 4.29. The van der Waals surface area contributed by atoms with Crippen molar-refractivity contribution in [1.82, 2.24) is 4.57 Å². The van der Waals surface area contributed by atoms with Crippen LogP contribution in [0.3, 0.4) is 0 Å². The number of benzene rings is 1. The first-order valence-corrected chi connectivity index (χ1v) is 8.27. The van der Waals surface area contributed by atoms with Gasteiger partial charge in [0.05, 0.1) is 0 Å². The molecule has 1 heteroatoms. The number of hydrogen-bond donors (Lipinski definition) is 0. The monoisotopic (exact) mass is 295 g/mol. The van der Waals surface area contributed by atoms with E-state index in [2.05, 4.69) is 76.1 Å². The van der Waals surface area contributed by atoms with Crippen molar-refractivity contribution >= 4 is 17.0 Å². The molecule has 0 amide bonds. The Hall–Kier alpha value is -1.76. The molecule has 0 aliphatic rings. The second kappa shape index (κ2) is 6.56. The summed E-state index contributed by atoms with van der Waals surface area (Å²) in [5.74, 6) is 0. The van der Waals surface area contributed by atoms with Crippen LogP contribution in [0, 0.1) is 12.3 Å². The molecule has 1 nitrogen and oxygen atoms in total. The molecule has 1 aromatic carbocycles. The van der Waals surface area contributed by atoms with Crippen molar-refractivity contribution in [3.63, 3.8) is 0 Å². The van der Waals surface area contributed by atoms with Gasteiger partial charge in [-0.25, -0.2) is 0 Å². The Morgan fingerprint density at radius 2 is 1.91 bits per heavy atom. The standard InChI is InChI=1S/C21H29N/c1-7-9-12-18-16(3)22(17(8-2)15-21(4,5)6)20-14-11-10-13-19(18)20/h7,9-14,17H,1,8,15H2,2-6H3/b12-9-.